The molecule has 0 saturated heterocycles. The fourth-order valence-corrected chi connectivity index (χ4v) is 2.88. The molecule has 0 aromatic rings. The van der Waals surface area contributed by atoms with E-state index in [0.29, 0.717) is 18.9 Å². The van der Waals surface area contributed by atoms with E-state index in [0.717, 1.165) is 12.8 Å². The number of carbonyl (C=O) groups excluding carboxylic acids is 1. The maximum Gasteiger partial charge on any atom is 0.306 e. The van der Waals surface area contributed by atoms with E-state index in [1.165, 1.54) is 44.9 Å². The predicted octanol–water partition coefficient (Wildman–Crippen LogP) is 6.13. The van der Waals surface area contributed by atoms with E-state index in [2.05, 4.69) is 34.6 Å². The highest BCUT2D eigenvalue weighted by molar-refractivity contribution is 5.69. The summed E-state index contributed by atoms with van der Waals surface area (Å²) < 4.78 is 5.33. The van der Waals surface area contributed by atoms with Crippen molar-refractivity contribution in [1.82, 2.24) is 0 Å². The van der Waals surface area contributed by atoms with Crippen LogP contribution in [0.1, 0.15) is 98.8 Å². The summed E-state index contributed by atoms with van der Waals surface area (Å²) >= 11 is 0. The summed E-state index contributed by atoms with van der Waals surface area (Å²) in [5.41, 5.74) is 0.289. The van der Waals surface area contributed by atoms with Crippen LogP contribution < -0.4 is 0 Å². The summed E-state index contributed by atoms with van der Waals surface area (Å²) in [5.74, 6) is 0.394. The highest BCUT2D eigenvalue weighted by Crippen LogP contribution is 2.26. The molecule has 21 heavy (non-hydrogen) atoms. The van der Waals surface area contributed by atoms with Gasteiger partial charge >= 0.3 is 5.97 Å². The van der Waals surface area contributed by atoms with Gasteiger partial charge in [0.25, 0.3) is 0 Å². The topological polar surface area (TPSA) is 26.3 Å². The molecule has 2 nitrogen and oxygen atoms in total. The summed E-state index contributed by atoms with van der Waals surface area (Å²) in [6, 6.07) is 0. The summed E-state index contributed by atoms with van der Waals surface area (Å²) in [5, 5.41) is 0. The minimum Gasteiger partial charge on any atom is -0.466 e. The van der Waals surface area contributed by atoms with Crippen LogP contribution in [-0.2, 0) is 9.53 Å². The Morgan fingerprint density at radius 3 is 2.00 bits per heavy atom. The zero-order valence-electron chi connectivity index (χ0n) is 15.2. The molecule has 126 valence electrons. The van der Waals surface area contributed by atoms with Gasteiger partial charge in [0.1, 0.15) is 0 Å². The normalized spacial score (nSPS) is 13.2. The fourth-order valence-electron chi connectivity index (χ4n) is 2.88. The second-order valence-electron chi connectivity index (χ2n) is 7.77. The van der Waals surface area contributed by atoms with Crippen LogP contribution >= 0.6 is 0 Å². The third kappa shape index (κ3) is 15.7. The first-order valence-corrected chi connectivity index (χ1v) is 9.00. The van der Waals surface area contributed by atoms with Crippen molar-refractivity contribution < 1.29 is 9.53 Å². The van der Waals surface area contributed by atoms with Crippen molar-refractivity contribution in [3.8, 4) is 0 Å². The Labute approximate surface area is 133 Å². The van der Waals surface area contributed by atoms with E-state index >= 15 is 0 Å². The molecule has 0 aliphatic carbocycles. The standard InChI is InChI=1S/C19H38O2/c1-6-7-8-9-10-11-12-13-14-21-18(20)15-17(2)16-19(3,4)5/h17H,6-16H2,1-5H3. The molecule has 1 atom stereocenters. The SMILES string of the molecule is CCCCCCCCCCOC(=O)CC(C)CC(C)(C)C. The Balaban J connectivity index is 3.42. The third-order valence-corrected chi connectivity index (χ3v) is 3.74. The van der Waals surface area contributed by atoms with Crippen molar-refractivity contribution in [1.29, 1.82) is 0 Å². The number of hydrogen-bond donors (Lipinski definition) is 0. The molecule has 0 aromatic heterocycles. The largest absolute Gasteiger partial charge is 0.466 e. The van der Waals surface area contributed by atoms with Gasteiger partial charge in [-0.25, -0.2) is 0 Å². The van der Waals surface area contributed by atoms with Crippen LogP contribution in [0.4, 0.5) is 0 Å². The summed E-state index contributed by atoms with van der Waals surface area (Å²) in [6.07, 6.45) is 11.9. The Kier molecular flexibility index (Phi) is 11.8. The van der Waals surface area contributed by atoms with E-state index in [4.69, 9.17) is 4.74 Å². The van der Waals surface area contributed by atoms with Crippen LogP contribution in [0.3, 0.4) is 0 Å². The minimum absolute atomic E-state index is 0.0188. The molecule has 0 heterocycles. The lowest BCUT2D eigenvalue weighted by molar-refractivity contribution is -0.144. The Bertz CT molecular complexity index is 253. The van der Waals surface area contributed by atoms with Crippen molar-refractivity contribution in [2.75, 3.05) is 6.61 Å². The first-order valence-electron chi connectivity index (χ1n) is 9.00. The van der Waals surface area contributed by atoms with Crippen molar-refractivity contribution in [2.24, 2.45) is 11.3 Å². The second-order valence-corrected chi connectivity index (χ2v) is 7.77. The third-order valence-electron chi connectivity index (χ3n) is 3.74. The zero-order valence-corrected chi connectivity index (χ0v) is 15.2. The fraction of sp³-hybridized carbons (Fsp3) is 0.947. The summed E-state index contributed by atoms with van der Waals surface area (Å²) in [7, 11) is 0. The minimum atomic E-state index is -0.0188. The average Bonchev–Trinajstić information content (AvgIpc) is 2.34. The van der Waals surface area contributed by atoms with Crippen LogP contribution in [0.5, 0.6) is 0 Å². The van der Waals surface area contributed by atoms with Crippen LogP contribution in [0.15, 0.2) is 0 Å². The number of ether oxygens (including phenoxy) is 1. The van der Waals surface area contributed by atoms with Gasteiger partial charge in [-0.3, -0.25) is 4.79 Å². The Morgan fingerprint density at radius 2 is 1.48 bits per heavy atom. The maximum atomic E-state index is 11.7. The van der Waals surface area contributed by atoms with Gasteiger partial charge in [-0.15, -0.1) is 0 Å². The first kappa shape index (κ1) is 20.5. The summed E-state index contributed by atoms with van der Waals surface area (Å²) in [6.45, 7) is 11.6. The van der Waals surface area contributed by atoms with Crippen LogP contribution in [0.2, 0.25) is 0 Å². The predicted molar refractivity (Wildman–Crippen MR) is 91.4 cm³/mol. The quantitative estimate of drug-likeness (QED) is 0.320. The van der Waals surface area contributed by atoms with E-state index in [1.807, 2.05) is 0 Å². The Hall–Kier alpha value is -0.530. The van der Waals surface area contributed by atoms with Gasteiger partial charge in [0, 0.05) is 6.42 Å². The van der Waals surface area contributed by atoms with Gasteiger partial charge in [-0.2, -0.15) is 0 Å². The first-order chi connectivity index (χ1) is 9.85. The maximum absolute atomic E-state index is 11.7. The van der Waals surface area contributed by atoms with Crippen LogP contribution in [0.25, 0.3) is 0 Å². The number of unbranched alkanes of at least 4 members (excludes halogenated alkanes) is 7. The number of hydrogen-bond acceptors (Lipinski definition) is 2. The van der Waals surface area contributed by atoms with E-state index < -0.39 is 0 Å². The van der Waals surface area contributed by atoms with Crippen molar-refractivity contribution >= 4 is 5.97 Å². The van der Waals surface area contributed by atoms with Crippen molar-refractivity contribution in [3.63, 3.8) is 0 Å². The molecule has 0 saturated carbocycles. The van der Waals surface area contributed by atoms with Gasteiger partial charge in [-0.05, 0) is 24.2 Å². The Morgan fingerprint density at radius 1 is 0.952 bits per heavy atom. The molecule has 0 aromatic carbocycles. The lowest BCUT2D eigenvalue weighted by Crippen LogP contribution is -2.16. The van der Waals surface area contributed by atoms with Crippen molar-refractivity contribution in [2.45, 2.75) is 98.8 Å². The molecule has 0 fully saturated rings. The van der Waals surface area contributed by atoms with Crippen LogP contribution in [-0.4, -0.2) is 12.6 Å². The molecule has 0 radical (unpaired) electrons. The number of rotatable bonds is 12. The molecule has 2 heteroatoms. The van der Waals surface area contributed by atoms with Gasteiger partial charge in [0.15, 0.2) is 0 Å². The highest BCUT2D eigenvalue weighted by atomic mass is 16.5. The molecule has 0 N–H and O–H groups in total. The highest BCUT2D eigenvalue weighted by Gasteiger charge is 2.18. The molecule has 0 aliphatic rings. The average molecular weight is 299 g/mol. The lowest BCUT2D eigenvalue weighted by Gasteiger charge is -2.22. The summed E-state index contributed by atoms with van der Waals surface area (Å²) in [4.78, 5) is 11.7. The molecule has 1 unspecified atom stereocenters. The van der Waals surface area contributed by atoms with Gasteiger partial charge < -0.3 is 4.74 Å². The number of esters is 1. The molecular weight excluding hydrogens is 260 g/mol. The smallest absolute Gasteiger partial charge is 0.306 e. The zero-order chi connectivity index (χ0) is 16.1. The number of carbonyl (C=O) groups is 1. The molecular formula is C19H38O2. The van der Waals surface area contributed by atoms with Crippen LogP contribution in [0, 0.1) is 11.3 Å². The van der Waals surface area contributed by atoms with E-state index in [1.54, 1.807) is 0 Å². The molecule has 0 aliphatic heterocycles. The second kappa shape index (κ2) is 12.1. The van der Waals surface area contributed by atoms with E-state index in [9.17, 15) is 4.79 Å². The lowest BCUT2D eigenvalue weighted by atomic mass is 9.84. The molecule has 0 rings (SSSR count). The van der Waals surface area contributed by atoms with Gasteiger partial charge in [0.2, 0.25) is 0 Å². The molecule has 0 bridgehead atoms. The van der Waals surface area contributed by atoms with Gasteiger partial charge in [0.05, 0.1) is 6.61 Å². The van der Waals surface area contributed by atoms with Crippen molar-refractivity contribution in [3.05, 3.63) is 0 Å². The monoisotopic (exact) mass is 298 g/mol. The molecule has 0 spiro atoms. The molecule has 0 amide bonds. The van der Waals surface area contributed by atoms with Gasteiger partial charge in [-0.1, -0.05) is 79.6 Å². The van der Waals surface area contributed by atoms with E-state index in [-0.39, 0.29) is 11.4 Å².